The van der Waals surface area contributed by atoms with Gasteiger partial charge in [-0.1, -0.05) is 0 Å². The van der Waals surface area contributed by atoms with Gasteiger partial charge in [0.25, 0.3) is 0 Å². The molecule has 1 atom stereocenters. The molecule has 0 aliphatic rings. The zero-order chi connectivity index (χ0) is 8.69. The minimum absolute atomic E-state index is 0.120. The van der Waals surface area contributed by atoms with Crippen LogP contribution in [0.15, 0.2) is 16.1 Å². The van der Waals surface area contributed by atoms with Crippen molar-refractivity contribution in [2.45, 2.75) is 19.9 Å². The van der Waals surface area contributed by atoms with Gasteiger partial charge in [0.05, 0.1) is 12.9 Å². The second kappa shape index (κ2) is 6.24. The number of hydrogen-bond acceptors (Lipinski definition) is 3. The Morgan fingerprint density at radius 1 is 1.82 bits per heavy atom. The summed E-state index contributed by atoms with van der Waals surface area (Å²) in [4.78, 5) is 4.92. The third-order valence-corrected chi connectivity index (χ3v) is 0.981. The zero-order valence-electron chi connectivity index (χ0n) is 6.91. The highest BCUT2D eigenvalue weighted by molar-refractivity contribution is 7.84. The van der Waals surface area contributed by atoms with Crippen molar-refractivity contribution < 1.29 is 0 Å². The van der Waals surface area contributed by atoms with Crippen molar-refractivity contribution in [3.8, 4) is 0 Å². The first kappa shape index (κ1) is 10.5. The SMILES string of the molecule is C/C(S)=C/NC=NCC(C)N. The number of thiol groups is 1. The van der Waals surface area contributed by atoms with Gasteiger partial charge in [-0.2, -0.15) is 0 Å². The van der Waals surface area contributed by atoms with E-state index in [9.17, 15) is 0 Å². The smallest absolute Gasteiger partial charge is 0.0864 e. The van der Waals surface area contributed by atoms with Crippen LogP contribution in [0.3, 0.4) is 0 Å². The largest absolute Gasteiger partial charge is 0.352 e. The van der Waals surface area contributed by atoms with E-state index in [0.717, 1.165) is 4.91 Å². The lowest BCUT2D eigenvalue weighted by Crippen LogP contribution is -2.19. The molecule has 0 rings (SSSR count). The Morgan fingerprint density at radius 2 is 2.45 bits per heavy atom. The molecular weight excluding hydrogens is 158 g/mol. The van der Waals surface area contributed by atoms with Crippen LogP contribution in [-0.4, -0.2) is 18.9 Å². The maximum atomic E-state index is 5.46. The second-order valence-corrected chi connectivity index (χ2v) is 3.13. The molecule has 1 unspecified atom stereocenters. The molecule has 0 aliphatic heterocycles. The van der Waals surface area contributed by atoms with Gasteiger partial charge in [-0.15, -0.1) is 12.6 Å². The molecule has 0 radical (unpaired) electrons. The van der Waals surface area contributed by atoms with E-state index in [1.807, 2.05) is 13.8 Å². The van der Waals surface area contributed by atoms with Crippen LogP contribution in [0.1, 0.15) is 13.8 Å². The fraction of sp³-hybridized carbons (Fsp3) is 0.571. The maximum absolute atomic E-state index is 5.46. The second-order valence-electron chi connectivity index (χ2n) is 2.42. The lowest BCUT2D eigenvalue weighted by Gasteiger charge is -1.97. The first-order valence-corrected chi connectivity index (χ1v) is 3.93. The van der Waals surface area contributed by atoms with Crippen molar-refractivity contribution in [2.75, 3.05) is 6.54 Å². The number of nitrogens with zero attached hydrogens (tertiary/aromatic N) is 1. The van der Waals surface area contributed by atoms with E-state index in [-0.39, 0.29) is 6.04 Å². The fourth-order valence-corrected chi connectivity index (χ4v) is 0.504. The minimum Gasteiger partial charge on any atom is -0.352 e. The van der Waals surface area contributed by atoms with E-state index in [1.54, 1.807) is 12.5 Å². The molecule has 0 saturated heterocycles. The number of nitrogens with two attached hydrogens (primary N) is 1. The van der Waals surface area contributed by atoms with Gasteiger partial charge in [-0.05, 0) is 18.8 Å². The number of aliphatic imine (C=N–C) groups is 1. The molecule has 64 valence electrons. The Kier molecular flexibility index (Phi) is 5.97. The number of allylic oxidation sites excluding steroid dienone is 1. The van der Waals surface area contributed by atoms with Gasteiger partial charge in [-0.25, -0.2) is 0 Å². The molecule has 0 aromatic heterocycles. The molecule has 0 saturated carbocycles. The lowest BCUT2D eigenvalue weighted by atomic mass is 10.4. The Morgan fingerprint density at radius 3 is 2.91 bits per heavy atom. The van der Waals surface area contributed by atoms with Gasteiger partial charge in [0.1, 0.15) is 0 Å². The Balaban J connectivity index is 3.38. The number of hydrogen-bond donors (Lipinski definition) is 3. The highest BCUT2D eigenvalue weighted by Crippen LogP contribution is 1.91. The quantitative estimate of drug-likeness (QED) is 0.334. The molecule has 0 spiro atoms. The molecule has 0 aromatic carbocycles. The van der Waals surface area contributed by atoms with Gasteiger partial charge >= 0.3 is 0 Å². The maximum Gasteiger partial charge on any atom is 0.0864 e. The first-order chi connectivity index (χ1) is 5.13. The summed E-state index contributed by atoms with van der Waals surface area (Å²) in [6, 6.07) is 0.120. The van der Waals surface area contributed by atoms with Gasteiger partial charge in [0.15, 0.2) is 0 Å². The summed E-state index contributed by atoms with van der Waals surface area (Å²) in [7, 11) is 0. The van der Waals surface area contributed by atoms with Crippen LogP contribution < -0.4 is 11.1 Å². The van der Waals surface area contributed by atoms with E-state index < -0.39 is 0 Å². The predicted molar refractivity (Wildman–Crippen MR) is 52.9 cm³/mol. The normalized spacial score (nSPS) is 15.5. The molecule has 0 aromatic rings. The molecule has 0 amide bonds. The van der Waals surface area contributed by atoms with Crippen LogP contribution in [0, 0.1) is 0 Å². The van der Waals surface area contributed by atoms with Crippen LogP contribution in [0.25, 0.3) is 0 Å². The van der Waals surface area contributed by atoms with E-state index >= 15 is 0 Å². The van der Waals surface area contributed by atoms with Gasteiger partial charge in [0, 0.05) is 12.2 Å². The van der Waals surface area contributed by atoms with E-state index in [2.05, 4.69) is 22.9 Å². The number of rotatable bonds is 4. The Labute approximate surface area is 73.2 Å². The van der Waals surface area contributed by atoms with Crippen LogP contribution in [-0.2, 0) is 0 Å². The Hall–Kier alpha value is -0.480. The van der Waals surface area contributed by atoms with Crippen molar-refractivity contribution in [1.82, 2.24) is 5.32 Å². The monoisotopic (exact) mass is 173 g/mol. The van der Waals surface area contributed by atoms with Crippen molar-refractivity contribution >= 4 is 19.0 Å². The zero-order valence-corrected chi connectivity index (χ0v) is 7.81. The summed E-state index contributed by atoms with van der Waals surface area (Å²) in [5.74, 6) is 0. The van der Waals surface area contributed by atoms with Crippen molar-refractivity contribution in [2.24, 2.45) is 10.7 Å². The molecule has 0 heterocycles. The van der Waals surface area contributed by atoms with E-state index in [1.165, 1.54) is 0 Å². The van der Waals surface area contributed by atoms with Gasteiger partial charge < -0.3 is 11.1 Å². The molecule has 3 nitrogen and oxygen atoms in total. The third-order valence-electron chi connectivity index (χ3n) is 0.851. The van der Waals surface area contributed by atoms with Crippen LogP contribution in [0.5, 0.6) is 0 Å². The van der Waals surface area contributed by atoms with Crippen LogP contribution in [0.2, 0.25) is 0 Å². The highest BCUT2D eigenvalue weighted by atomic mass is 32.1. The average Bonchev–Trinajstić information content (AvgIpc) is 1.85. The van der Waals surface area contributed by atoms with Crippen LogP contribution >= 0.6 is 12.6 Å². The summed E-state index contributed by atoms with van der Waals surface area (Å²) in [6.45, 7) is 4.44. The summed E-state index contributed by atoms with van der Waals surface area (Å²) in [5.41, 5.74) is 5.46. The number of nitrogens with one attached hydrogen (secondary N) is 1. The summed E-state index contributed by atoms with van der Waals surface area (Å²) in [6.07, 6.45) is 3.37. The molecule has 0 aliphatic carbocycles. The summed E-state index contributed by atoms with van der Waals surface area (Å²) in [5, 5.41) is 2.85. The first-order valence-electron chi connectivity index (χ1n) is 3.48. The van der Waals surface area contributed by atoms with E-state index in [0.29, 0.717) is 6.54 Å². The minimum atomic E-state index is 0.120. The molecule has 0 fully saturated rings. The average molecular weight is 173 g/mol. The van der Waals surface area contributed by atoms with Crippen LogP contribution in [0.4, 0.5) is 0 Å². The molecule has 0 bridgehead atoms. The van der Waals surface area contributed by atoms with Crippen molar-refractivity contribution in [3.05, 3.63) is 11.1 Å². The standard InChI is InChI=1S/C7H15N3S/c1-6(8)3-9-5-10-4-7(2)11/h4-6,11H,3,8H2,1-2H3,(H,9,10)/b7-4-. The molecule has 11 heavy (non-hydrogen) atoms. The lowest BCUT2D eigenvalue weighted by molar-refractivity contribution is 0.754. The summed E-state index contributed by atoms with van der Waals surface area (Å²) < 4.78 is 0. The van der Waals surface area contributed by atoms with Gasteiger partial charge in [-0.3, -0.25) is 4.99 Å². The third kappa shape index (κ3) is 9.52. The Bertz CT molecular complexity index is 148. The van der Waals surface area contributed by atoms with E-state index in [4.69, 9.17) is 5.73 Å². The van der Waals surface area contributed by atoms with Crippen molar-refractivity contribution in [3.63, 3.8) is 0 Å². The highest BCUT2D eigenvalue weighted by Gasteiger charge is 1.85. The molecular formula is C7H15N3S. The predicted octanol–water partition coefficient (Wildman–Crippen LogP) is 0.743. The topological polar surface area (TPSA) is 50.4 Å². The molecule has 3 N–H and O–H groups in total. The summed E-state index contributed by atoms with van der Waals surface area (Å²) >= 11 is 4.05. The molecule has 4 heteroatoms. The van der Waals surface area contributed by atoms with Gasteiger partial charge in [0.2, 0.25) is 0 Å². The fourth-order valence-electron chi connectivity index (χ4n) is 0.430. The van der Waals surface area contributed by atoms with Crippen molar-refractivity contribution in [1.29, 1.82) is 0 Å².